The van der Waals surface area contributed by atoms with Crippen molar-refractivity contribution in [2.75, 3.05) is 0 Å². The van der Waals surface area contributed by atoms with Crippen molar-refractivity contribution in [2.45, 2.75) is 12.4 Å². The van der Waals surface area contributed by atoms with E-state index in [0.717, 1.165) is 0 Å². The quantitative estimate of drug-likeness (QED) is 0.652. The zero-order chi connectivity index (χ0) is 13.4. The van der Waals surface area contributed by atoms with Crippen LogP contribution in [-0.2, 0) is 12.4 Å². The van der Waals surface area contributed by atoms with Crippen LogP contribution in [0.4, 0.5) is 26.3 Å². The van der Waals surface area contributed by atoms with Crippen LogP contribution in [0.2, 0.25) is 0 Å². The molecule has 1 aromatic carbocycles. The molecule has 0 aliphatic rings. The van der Waals surface area contributed by atoms with Crippen LogP contribution in [0.15, 0.2) is 16.6 Å². The Morgan fingerprint density at radius 1 is 0.941 bits per heavy atom. The van der Waals surface area contributed by atoms with Crippen LogP contribution in [0.25, 0.3) is 0 Å². The van der Waals surface area contributed by atoms with Gasteiger partial charge in [0.15, 0.2) is 0 Å². The molecule has 0 atom stereocenters. The molecule has 1 rings (SSSR count). The molecule has 17 heavy (non-hydrogen) atoms. The van der Waals surface area contributed by atoms with Gasteiger partial charge in [-0.05, 0) is 28.1 Å². The van der Waals surface area contributed by atoms with Gasteiger partial charge >= 0.3 is 12.4 Å². The average molecular weight is 318 g/mol. The van der Waals surface area contributed by atoms with E-state index in [1.165, 1.54) is 6.07 Å². The third-order valence-corrected chi connectivity index (χ3v) is 2.49. The third-order valence-electron chi connectivity index (χ3n) is 1.84. The van der Waals surface area contributed by atoms with Crippen molar-refractivity contribution in [2.24, 2.45) is 0 Å². The number of hydrogen-bond acceptors (Lipinski definition) is 1. The Labute approximate surface area is 99.8 Å². The molecule has 0 N–H and O–H groups in total. The average Bonchev–Trinajstić information content (AvgIpc) is 2.14. The molecule has 0 fully saturated rings. The van der Waals surface area contributed by atoms with Gasteiger partial charge in [0.2, 0.25) is 0 Å². The van der Waals surface area contributed by atoms with Crippen LogP contribution in [0.5, 0.6) is 0 Å². The van der Waals surface area contributed by atoms with Crippen molar-refractivity contribution in [1.29, 1.82) is 5.26 Å². The van der Waals surface area contributed by atoms with Gasteiger partial charge in [0.05, 0.1) is 16.7 Å². The number of halogens is 7. The summed E-state index contributed by atoms with van der Waals surface area (Å²) in [4.78, 5) is 0. The lowest BCUT2D eigenvalue weighted by molar-refractivity contribution is -0.162. The molecule has 0 amide bonds. The summed E-state index contributed by atoms with van der Waals surface area (Å²) in [7, 11) is 0. The highest BCUT2D eigenvalue weighted by molar-refractivity contribution is 9.10. The molecule has 0 spiro atoms. The van der Waals surface area contributed by atoms with Gasteiger partial charge in [0.1, 0.15) is 6.07 Å². The number of hydrogen-bond donors (Lipinski definition) is 0. The van der Waals surface area contributed by atoms with Crippen LogP contribution in [-0.4, -0.2) is 0 Å². The third kappa shape index (κ3) is 2.91. The highest BCUT2D eigenvalue weighted by Crippen LogP contribution is 2.42. The second-order valence-corrected chi connectivity index (χ2v) is 3.84. The summed E-state index contributed by atoms with van der Waals surface area (Å²) in [6.45, 7) is 0. The molecular formula is C9H2BrF6N. The molecule has 0 unspecified atom stereocenters. The van der Waals surface area contributed by atoms with E-state index in [2.05, 4.69) is 15.9 Å². The van der Waals surface area contributed by atoms with Gasteiger partial charge in [-0.1, -0.05) is 0 Å². The van der Waals surface area contributed by atoms with E-state index in [1.54, 1.807) is 0 Å². The minimum atomic E-state index is -5.17. The summed E-state index contributed by atoms with van der Waals surface area (Å²) in [5, 5.41) is 8.47. The molecule has 1 aromatic rings. The maximum absolute atomic E-state index is 12.4. The fourth-order valence-corrected chi connectivity index (χ4v) is 1.56. The first kappa shape index (κ1) is 13.8. The number of alkyl halides is 6. The molecule has 0 aromatic heterocycles. The largest absolute Gasteiger partial charge is 0.417 e. The molecule has 8 heteroatoms. The van der Waals surface area contributed by atoms with Gasteiger partial charge in [0, 0.05) is 4.47 Å². The Hall–Kier alpha value is -1.23. The molecular weight excluding hydrogens is 316 g/mol. The van der Waals surface area contributed by atoms with Crippen LogP contribution < -0.4 is 0 Å². The molecule has 0 aliphatic carbocycles. The first-order chi connectivity index (χ1) is 7.57. The summed E-state index contributed by atoms with van der Waals surface area (Å²) in [5.74, 6) is 0. The van der Waals surface area contributed by atoms with Crippen molar-refractivity contribution in [3.8, 4) is 6.07 Å². The molecule has 0 heterocycles. The summed E-state index contributed by atoms with van der Waals surface area (Å²) in [6, 6.07) is 1.80. The van der Waals surface area contributed by atoms with E-state index in [1.807, 2.05) is 0 Å². The van der Waals surface area contributed by atoms with E-state index in [-0.39, 0.29) is 16.6 Å². The number of nitrogens with zero attached hydrogens (tertiary/aromatic N) is 1. The standard InChI is InChI=1S/C9H2BrF6N/c10-7-2-6(9(14,15)16)5(8(11,12)13)1-4(7)3-17/h1-2H. The smallest absolute Gasteiger partial charge is 0.192 e. The van der Waals surface area contributed by atoms with Gasteiger partial charge < -0.3 is 0 Å². The Balaban J connectivity index is 3.61. The molecule has 0 bridgehead atoms. The summed E-state index contributed by atoms with van der Waals surface area (Å²) < 4.78 is 74.0. The Bertz CT molecular complexity index is 482. The summed E-state index contributed by atoms with van der Waals surface area (Å²) in [6.07, 6.45) is -10.3. The van der Waals surface area contributed by atoms with Gasteiger partial charge in [0.25, 0.3) is 0 Å². The highest BCUT2D eigenvalue weighted by Gasteiger charge is 2.43. The second-order valence-electron chi connectivity index (χ2n) is 2.98. The van der Waals surface area contributed by atoms with Gasteiger partial charge in [-0.3, -0.25) is 0 Å². The van der Waals surface area contributed by atoms with Gasteiger partial charge in [-0.25, -0.2) is 0 Å². The number of benzene rings is 1. The topological polar surface area (TPSA) is 23.8 Å². The fraction of sp³-hybridized carbons (Fsp3) is 0.222. The van der Waals surface area contributed by atoms with Gasteiger partial charge in [-0.15, -0.1) is 0 Å². The van der Waals surface area contributed by atoms with E-state index < -0.39 is 29.0 Å². The molecule has 0 aliphatic heterocycles. The normalized spacial score (nSPS) is 12.4. The zero-order valence-corrected chi connectivity index (χ0v) is 9.33. The minimum Gasteiger partial charge on any atom is -0.192 e. The maximum Gasteiger partial charge on any atom is 0.417 e. The van der Waals surface area contributed by atoms with Crippen molar-refractivity contribution in [3.63, 3.8) is 0 Å². The lowest BCUT2D eigenvalue weighted by Gasteiger charge is -2.16. The number of rotatable bonds is 0. The van der Waals surface area contributed by atoms with Gasteiger partial charge in [-0.2, -0.15) is 31.6 Å². The first-order valence-corrected chi connectivity index (χ1v) is 4.74. The highest BCUT2D eigenvalue weighted by atomic mass is 79.9. The Morgan fingerprint density at radius 2 is 1.35 bits per heavy atom. The van der Waals surface area contributed by atoms with E-state index >= 15 is 0 Å². The Kier molecular flexibility index (Phi) is 3.43. The minimum absolute atomic E-state index is 0.174. The van der Waals surface area contributed by atoms with E-state index in [4.69, 9.17) is 5.26 Å². The van der Waals surface area contributed by atoms with Crippen LogP contribution in [0, 0.1) is 11.3 Å². The molecule has 92 valence electrons. The molecule has 0 saturated carbocycles. The molecule has 0 radical (unpaired) electrons. The van der Waals surface area contributed by atoms with E-state index in [0.29, 0.717) is 0 Å². The van der Waals surface area contributed by atoms with Crippen LogP contribution in [0.1, 0.15) is 16.7 Å². The predicted molar refractivity (Wildman–Crippen MR) is 48.9 cm³/mol. The predicted octanol–water partition coefficient (Wildman–Crippen LogP) is 4.36. The lowest BCUT2D eigenvalue weighted by Crippen LogP contribution is -2.17. The molecule has 1 nitrogen and oxygen atoms in total. The van der Waals surface area contributed by atoms with Crippen molar-refractivity contribution in [1.82, 2.24) is 0 Å². The van der Waals surface area contributed by atoms with Crippen LogP contribution >= 0.6 is 15.9 Å². The van der Waals surface area contributed by atoms with Crippen molar-refractivity contribution < 1.29 is 26.3 Å². The monoisotopic (exact) mass is 317 g/mol. The SMILES string of the molecule is N#Cc1cc(C(F)(F)F)c(C(F)(F)F)cc1Br. The van der Waals surface area contributed by atoms with Crippen LogP contribution in [0.3, 0.4) is 0 Å². The second kappa shape index (κ2) is 4.22. The lowest BCUT2D eigenvalue weighted by atomic mass is 10.0. The summed E-state index contributed by atoms with van der Waals surface area (Å²) in [5.41, 5.74) is -4.20. The fourth-order valence-electron chi connectivity index (χ4n) is 1.13. The van der Waals surface area contributed by atoms with Crippen molar-refractivity contribution in [3.05, 3.63) is 33.3 Å². The first-order valence-electron chi connectivity index (χ1n) is 3.95. The van der Waals surface area contributed by atoms with Crippen molar-refractivity contribution >= 4 is 15.9 Å². The zero-order valence-electron chi connectivity index (χ0n) is 7.75. The molecule has 0 saturated heterocycles. The van der Waals surface area contributed by atoms with E-state index in [9.17, 15) is 26.3 Å². The Morgan fingerprint density at radius 3 is 1.71 bits per heavy atom. The summed E-state index contributed by atoms with van der Waals surface area (Å²) >= 11 is 2.61. The number of nitriles is 1. The maximum atomic E-state index is 12.4.